The van der Waals surface area contributed by atoms with Gasteiger partial charge in [-0.3, -0.25) is 4.79 Å². The molecule has 1 amide bonds. The van der Waals surface area contributed by atoms with Gasteiger partial charge < -0.3 is 16.0 Å². The molecule has 2 rings (SSSR count). The molecule has 3 N–H and O–H groups in total. The van der Waals surface area contributed by atoms with Gasteiger partial charge in [-0.05, 0) is 18.1 Å². The van der Waals surface area contributed by atoms with Crippen LogP contribution in [0.15, 0.2) is 18.2 Å². The fourth-order valence-electron chi connectivity index (χ4n) is 2.21. The Labute approximate surface area is 108 Å². The molecule has 0 fully saturated rings. The van der Waals surface area contributed by atoms with Crippen LogP contribution in [-0.4, -0.2) is 19.5 Å². The lowest BCUT2D eigenvalue weighted by Gasteiger charge is -2.23. The molecule has 2 unspecified atom stereocenters. The van der Waals surface area contributed by atoms with Crippen LogP contribution in [0.5, 0.6) is 0 Å². The van der Waals surface area contributed by atoms with Gasteiger partial charge in [0, 0.05) is 30.5 Å². The van der Waals surface area contributed by atoms with E-state index < -0.39 is 6.04 Å². The highest BCUT2D eigenvalue weighted by molar-refractivity contribution is 6.02. The summed E-state index contributed by atoms with van der Waals surface area (Å²) in [6, 6.07) is 5.46. The van der Waals surface area contributed by atoms with Crippen molar-refractivity contribution in [3.05, 3.63) is 23.8 Å². The first-order chi connectivity index (χ1) is 8.52. The Morgan fingerprint density at radius 1 is 1.50 bits per heavy atom. The van der Waals surface area contributed by atoms with Crippen LogP contribution >= 0.6 is 0 Å². The predicted octanol–water partition coefficient (Wildman–Crippen LogP) is 2.12. The summed E-state index contributed by atoms with van der Waals surface area (Å²) in [6.07, 6.45) is 1.16. The average molecular weight is 247 g/mol. The molecule has 0 aromatic heterocycles. The Balaban J connectivity index is 2.18. The van der Waals surface area contributed by atoms with Crippen LogP contribution in [0.3, 0.4) is 0 Å². The first kappa shape index (κ1) is 12.9. The van der Waals surface area contributed by atoms with Crippen molar-refractivity contribution < 1.29 is 4.79 Å². The largest absolute Gasteiger partial charge is 0.374 e. The molecule has 1 heterocycles. The van der Waals surface area contributed by atoms with Crippen LogP contribution < -0.4 is 16.0 Å². The molecule has 18 heavy (non-hydrogen) atoms. The smallest absolute Gasteiger partial charge is 0.245 e. The van der Waals surface area contributed by atoms with E-state index in [9.17, 15) is 4.79 Å². The first-order valence-electron chi connectivity index (χ1n) is 6.44. The summed E-state index contributed by atoms with van der Waals surface area (Å²) in [7, 11) is 2.07. The molecular weight excluding hydrogens is 226 g/mol. The number of nitrogens with one attached hydrogen (secondary N) is 1. The van der Waals surface area contributed by atoms with Crippen LogP contribution in [0.4, 0.5) is 11.4 Å². The second-order valence-corrected chi connectivity index (χ2v) is 5.13. The predicted molar refractivity (Wildman–Crippen MR) is 74.7 cm³/mol. The molecule has 4 heteroatoms. The van der Waals surface area contributed by atoms with Crippen molar-refractivity contribution in [2.45, 2.75) is 26.3 Å². The zero-order chi connectivity index (χ0) is 13.3. The SMILES string of the molecule is CCC(C)CN(C)c1ccc2c(c1)NC(=O)C2N. The maximum Gasteiger partial charge on any atom is 0.245 e. The normalized spacial score (nSPS) is 19.3. The quantitative estimate of drug-likeness (QED) is 0.857. The number of hydrogen-bond donors (Lipinski definition) is 2. The molecule has 1 aliphatic heterocycles. The van der Waals surface area contributed by atoms with E-state index in [1.807, 2.05) is 18.2 Å². The third-order valence-electron chi connectivity index (χ3n) is 3.64. The van der Waals surface area contributed by atoms with E-state index in [1.165, 1.54) is 0 Å². The minimum absolute atomic E-state index is 0.119. The van der Waals surface area contributed by atoms with Crippen molar-refractivity contribution in [1.82, 2.24) is 0 Å². The average Bonchev–Trinajstić information content (AvgIpc) is 2.64. The highest BCUT2D eigenvalue weighted by Crippen LogP contribution is 2.32. The standard InChI is InChI=1S/C14H21N3O/c1-4-9(2)8-17(3)10-5-6-11-12(7-10)16-14(18)13(11)15/h5-7,9,13H,4,8,15H2,1-3H3,(H,16,18). The van der Waals surface area contributed by atoms with Gasteiger partial charge in [-0.25, -0.2) is 0 Å². The molecular formula is C14H21N3O. The van der Waals surface area contributed by atoms with Crippen molar-refractivity contribution in [1.29, 1.82) is 0 Å². The molecule has 98 valence electrons. The molecule has 0 spiro atoms. The number of anilines is 2. The van der Waals surface area contributed by atoms with Gasteiger partial charge in [0.1, 0.15) is 6.04 Å². The number of carbonyl (C=O) groups excluding carboxylic acids is 1. The minimum Gasteiger partial charge on any atom is -0.374 e. The van der Waals surface area contributed by atoms with Crippen molar-refractivity contribution in [2.24, 2.45) is 11.7 Å². The zero-order valence-corrected chi connectivity index (χ0v) is 11.2. The van der Waals surface area contributed by atoms with Gasteiger partial charge in [0.15, 0.2) is 0 Å². The summed E-state index contributed by atoms with van der Waals surface area (Å²) in [5.41, 5.74) is 8.64. The van der Waals surface area contributed by atoms with Gasteiger partial charge in [0.2, 0.25) is 5.91 Å². The maximum atomic E-state index is 11.5. The summed E-state index contributed by atoms with van der Waals surface area (Å²) in [6.45, 7) is 5.44. The number of rotatable bonds is 4. The van der Waals surface area contributed by atoms with Gasteiger partial charge in [-0.15, -0.1) is 0 Å². The number of hydrogen-bond acceptors (Lipinski definition) is 3. The molecule has 1 aliphatic rings. The number of benzene rings is 1. The van der Waals surface area contributed by atoms with Crippen molar-refractivity contribution in [3.8, 4) is 0 Å². The van der Waals surface area contributed by atoms with E-state index in [-0.39, 0.29) is 5.91 Å². The fraction of sp³-hybridized carbons (Fsp3) is 0.500. The van der Waals surface area contributed by atoms with E-state index in [0.29, 0.717) is 5.92 Å². The van der Waals surface area contributed by atoms with E-state index in [4.69, 9.17) is 5.73 Å². The molecule has 0 radical (unpaired) electrons. The Morgan fingerprint density at radius 2 is 2.22 bits per heavy atom. The number of fused-ring (bicyclic) bond motifs is 1. The summed E-state index contributed by atoms with van der Waals surface area (Å²) >= 11 is 0. The monoisotopic (exact) mass is 247 g/mol. The molecule has 0 bridgehead atoms. The minimum atomic E-state index is -0.520. The van der Waals surface area contributed by atoms with E-state index >= 15 is 0 Å². The molecule has 0 saturated heterocycles. The van der Waals surface area contributed by atoms with Gasteiger partial charge in [-0.2, -0.15) is 0 Å². The summed E-state index contributed by atoms with van der Waals surface area (Å²) in [5.74, 6) is 0.534. The Morgan fingerprint density at radius 3 is 2.89 bits per heavy atom. The Kier molecular flexibility index (Phi) is 3.57. The lowest BCUT2D eigenvalue weighted by Crippen LogP contribution is -2.23. The van der Waals surface area contributed by atoms with Gasteiger partial charge >= 0.3 is 0 Å². The van der Waals surface area contributed by atoms with Crippen molar-refractivity contribution in [2.75, 3.05) is 23.8 Å². The van der Waals surface area contributed by atoms with Gasteiger partial charge in [0.25, 0.3) is 0 Å². The molecule has 1 aromatic rings. The molecule has 0 saturated carbocycles. The lowest BCUT2D eigenvalue weighted by atomic mass is 10.1. The summed E-state index contributed by atoms with van der Waals surface area (Å²) in [4.78, 5) is 13.7. The third-order valence-corrected chi connectivity index (χ3v) is 3.64. The first-order valence-corrected chi connectivity index (χ1v) is 6.44. The molecule has 4 nitrogen and oxygen atoms in total. The van der Waals surface area contributed by atoms with Crippen LogP contribution in [0.2, 0.25) is 0 Å². The lowest BCUT2D eigenvalue weighted by molar-refractivity contribution is -0.116. The van der Waals surface area contributed by atoms with Crippen LogP contribution in [0.1, 0.15) is 31.9 Å². The van der Waals surface area contributed by atoms with Crippen molar-refractivity contribution >= 4 is 17.3 Å². The highest BCUT2D eigenvalue weighted by Gasteiger charge is 2.27. The second kappa shape index (κ2) is 4.98. The van der Waals surface area contributed by atoms with Crippen LogP contribution in [0.25, 0.3) is 0 Å². The molecule has 1 aromatic carbocycles. The number of nitrogens with two attached hydrogens (primary N) is 1. The number of nitrogens with zero attached hydrogens (tertiary/aromatic N) is 1. The zero-order valence-electron chi connectivity index (χ0n) is 11.2. The summed E-state index contributed by atoms with van der Waals surface area (Å²) in [5, 5.41) is 2.82. The summed E-state index contributed by atoms with van der Waals surface area (Å²) < 4.78 is 0. The third kappa shape index (κ3) is 2.34. The second-order valence-electron chi connectivity index (χ2n) is 5.13. The van der Waals surface area contributed by atoms with Crippen molar-refractivity contribution in [3.63, 3.8) is 0 Å². The maximum absolute atomic E-state index is 11.5. The van der Waals surface area contributed by atoms with Gasteiger partial charge in [0.05, 0.1) is 0 Å². The highest BCUT2D eigenvalue weighted by atomic mass is 16.2. The number of carbonyl (C=O) groups is 1. The van der Waals surface area contributed by atoms with Crippen LogP contribution in [0, 0.1) is 5.92 Å². The molecule has 2 atom stereocenters. The van der Waals surface area contributed by atoms with E-state index in [1.54, 1.807) is 0 Å². The Bertz CT molecular complexity index is 458. The molecule has 0 aliphatic carbocycles. The topological polar surface area (TPSA) is 58.4 Å². The van der Waals surface area contributed by atoms with Gasteiger partial charge in [-0.1, -0.05) is 26.3 Å². The van der Waals surface area contributed by atoms with E-state index in [0.717, 1.165) is 29.9 Å². The Hall–Kier alpha value is -1.55. The van der Waals surface area contributed by atoms with E-state index in [2.05, 4.69) is 31.1 Å². The fourth-order valence-corrected chi connectivity index (χ4v) is 2.21. The number of amides is 1. The van der Waals surface area contributed by atoms with Crippen LogP contribution in [-0.2, 0) is 4.79 Å².